The lowest BCUT2D eigenvalue weighted by atomic mass is 9.94. The maximum Gasteiger partial charge on any atom is 0.257 e. The maximum absolute atomic E-state index is 13.4. The molecule has 2 fully saturated rings. The van der Waals surface area contributed by atoms with Gasteiger partial charge in [-0.2, -0.15) is 0 Å². The van der Waals surface area contributed by atoms with Gasteiger partial charge in [-0.1, -0.05) is 12.1 Å². The van der Waals surface area contributed by atoms with Gasteiger partial charge in [0.2, 0.25) is 11.8 Å². The van der Waals surface area contributed by atoms with Crippen molar-refractivity contribution in [3.63, 3.8) is 0 Å². The summed E-state index contributed by atoms with van der Waals surface area (Å²) >= 11 is 0. The van der Waals surface area contributed by atoms with Crippen molar-refractivity contribution in [1.29, 1.82) is 0 Å². The molecule has 0 unspecified atom stereocenters. The second-order valence-electron chi connectivity index (χ2n) is 9.97. The van der Waals surface area contributed by atoms with Gasteiger partial charge in [0.05, 0.1) is 31.2 Å². The van der Waals surface area contributed by atoms with Crippen LogP contribution in [0.15, 0.2) is 42.5 Å². The number of amides is 3. The summed E-state index contributed by atoms with van der Waals surface area (Å²) in [6.45, 7) is 0.703. The third kappa shape index (κ3) is 5.88. The summed E-state index contributed by atoms with van der Waals surface area (Å²) in [5.74, 6) is 1.05. The first-order valence-corrected chi connectivity index (χ1v) is 12.8. The van der Waals surface area contributed by atoms with E-state index in [2.05, 4.69) is 10.6 Å². The van der Waals surface area contributed by atoms with Gasteiger partial charge in [0.1, 0.15) is 24.2 Å². The molecule has 2 N–H and O–H groups in total. The molecule has 1 aliphatic carbocycles. The van der Waals surface area contributed by atoms with Gasteiger partial charge in [-0.05, 0) is 61.6 Å². The van der Waals surface area contributed by atoms with Gasteiger partial charge >= 0.3 is 0 Å². The molecule has 3 amide bonds. The maximum atomic E-state index is 13.4. The van der Waals surface area contributed by atoms with Crippen molar-refractivity contribution in [1.82, 2.24) is 10.2 Å². The summed E-state index contributed by atoms with van der Waals surface area (Å²) in [5, 5.41) is 5.85. The van der Waals surface area contributed by atoms with Gasteiger partial charge in [0.15, 0.2) is 0 Å². The molecular weight excluding hydrogens is 474 g/mol. The molecule has 3 aliphatic rings. The van der Waals surface area contributed by atoms with Gasteiger partial charge in [-0.25, -0.2) is 0 Å². The predicted molar refractivity (Wildman–Crippen MR) is 137 cm³/mol. The standard InChI is InChI=1S/C28H33N3O6/c1-31-23-11-10-21(14-26(32)29-15-17-3-8-20(35-2)9-4-17)37-25(23)16-36-24-12-7-19(13-22(24)28(31)34)30-27(33)18-5-6-18/h3-4,7-9,12-13,18,21,23,25H,5-6,10-11,14-16H2,1-2H3,(H,29,32)(H,30,33)/t21-,23-,25-/m1/s1. The van der Waals surface area contributed by atoms with E-state index >= 15 is 0 Å². The minimum Gasteiger partial charge on any atom is -0.497 e. The van der Waals surface area contributed by atoms with Crippen LogP contribution < -0.4 is 20.1 Å². The molecule has 2 aliphatic heterocycles. The lowest BCUT2D eigenvalue weighted by molar-refractivity contribution is -0.134. The van der Waals surface area contributed by atoms with Crippen molar-refractivity contribution in [2.75, 3.05) is 26.1 Å². The van der Waals surface area contributed by atoms with Crippen molar-refractivity contribution in [3.05, 3.63) is 53.6 Å². The molecule has 0 aromatic heterocycles. The smallest absolute Gasteiger partial charge is 0.257 e. The lowest BCUT2D eigenvalue weighted by Crippen LogP contribution is -2.53. The van der Waals surface area contributed by atoms with E-state index in [1.54, 1.807) is 37.3 Å². The second kappa shape index (κ2) is 10.8. The largest absolute Gasteiger partial charge is 0.497 e. The van der Waals surface area contributed by atoms with Crippen molar-refractivity contribution < 1.29 is 28.6 Å². The van der Waals surface area contributed by atoms with Gasteiger partial charge in [0, 0.05) is 25.2 Å². The zero-order chi connectivity index (χ0) is 25.9. The van der Waals surface area contributed by atoms with Crippen LogP contribution in [0.3, 0.4) is 0 Å². The summed E-state index contributed by atoms with van der Waals surface area (Å²) in [7, 11) is 3.39. The summed E-state index contributed by atoms with van der Waals surface area (Å²) < 4.78 is 17.5. The molecule has 9 nitrogen and oxygen atoms in total. The van der Waals surface area contributed by atoms with E-state index in [0.29, 0.717) is 36.4 Å². The number of likely N-dealkylation sites (N-methyl/N-ethyl adjacent to an activating group) is 1. The molecule has 1 saturated carbocycles. The Hall–Kier alpha value is -3.59. The number of carbonyl (C=O) groups excluding carboxylic acids is 3. The van der Waals surface area contributed by atoms with E-state index in [9.17, 15) is 14.4 Å². The lowest BCUT2D eigenvalue weighted by Gasteiger charge is -2.42. The summed E-state index contributed by atoms with van der Waals surface area (Å²) in [5.41, 5.74) is 2.01. The first-order chi connectivity index (χ1) is 17.9. The first kappa shape index (κ1) is 25.1. The van der Waals surface area contributed by atoms with Crippen LogP contribution in [0.25, 0.3) is 0 Å². The minimum atomic E-state index is -0.343. The van der Waals surface area contributed by atoms with Crippen molar-refractivity contribution in [2.45, 2.75) is 56.9 Å². The Morgan fingerprint density at radius 2 is 1.86 bits per heavy atom. The van der Waals surface area contributed by atoms with E-state index in [1.807, 2.05) is 24.3 Å². The number of fused-ring (bicyclic) bond motifs is 2. The molecule has 9 heteroatoms. The molecule has 0 spiro atoms. The van der Waals surface area contributed by atoms with E-state index in [0.717, 1.165) is 24.2 Å². The zero-order valence-electron chi connectivity index (χ0n) is 21.2. The Morgan fingerprint density at radius 1 is 1.08 bits per heavy atom. The predicted octanol–water partition coefficient (Wildman–Crippen LogP) is 3.13. The fourth-order valence-corrected chi connectivity index (χ4v) is 4.92. The van der Waals surface area contributed by atoms with E-state index < -0.39 is 0 Å². The molecule has 5 rings (SSSR count). The van der Waals surface area contributed by atoms with Gasteiger partial charge < -0.3 is 29.7 Å². The second-order valence-corrected chi connectivity index (χ2v) is 9.97. The van der Waals surface area contributed by atoms with Gasteiger partial charge in [-0.15, -0.1) is 0 Å². The number of carbonyl (C=O) groups is 3. The number of hydrogen-bond acceptors (Lipinski definition) is 6. The molecule has 3 atom stereocenters. The van der Waals surface area contributed by atoms with Crippen LogP contribution in [0.1, 0.15) is 48.0 Å². The van der Waals surface area contributed by atoms with Gasteiger partial charge in [-0.3, -0.25) is 14.4 Å². The Labute approximate surface area is 216 Å². The summed E-state index contributed by atoms with van der Waals surface area (Å²) in [4.78, 5) is 39.8. The number of methoxy groups -OCH3 is 1. The molecule has 0 radical (unpaired) electrons. The molecule has 2 heterocycles. The Balaban J connectivity index is 1.18. The molecule has 1 saturated heterocycles. The number of hydrogen-bond donors (Lipinski definition) is 2. The number of nitrogens with zero attached hydrogens (tertiary/aromatic N) is 1. The Bertz CT molecular complexity index is 1160. The molecule has 0 bridgehead atoms. The number of ether oxygens (including phenoxy) is 3. The SMILES string of the molecule is COc1ccc(CNC(=O)C[C@H]2CC[C@@H]3[C@@H](COc4ccc(NC(=O)C5CC5)cc4C(=O)N3C)O2)cc1. The number of nitrogens with one attached hydrogen (secondary N) is 2. The first-order valence-electron chi connectivity index (χ1n) is 12.8. The van der Waals surface area contributed by atoms with Crippen LogP contribution in [0, 0.1) is 5.92 Å². The van der Waals surface area contributed by atoms with Crippen LogP contribution in [0.5, 0.6) is 11.5 Å². The fourth-order valence-electron chi connectivity index (χ4n) is 4.92. The number of rotatable bonds is 7. The van der Waals surface area contributed by atoms with Crippen LogP contribution in [0.2, 0.25) is 0 Å². The average Bonchev–Trinajstić information content (AvgIpc) is 3.76. The summed E-state index contributed by atoms with van der Waals surface area (Å²) in [6, 6.07) is 12.6. The summed E-state index contributed by atoms with van der Waals surface area (Å²) in [6.07, 6.45) is 2.86. The molecule has 2 aromatic carbocycles. The van der Waals surface area contributed by atoms with Crippen LogP contribution in [-0.2, 0) is 20.9 Å². The molecule has 196 valence electrons. The van der Waals surface area contributed by atoms with Crippen molar-refractivity contribution in [3.8, 4) is 11.5 Å². The fraction of sp³-hybridized carbons (Fsp3) is 0.464. The normalized spacial score (nSPS) is 23.0. The topological polar surface area (TPSA) is 106 Å². The quantitative estimate of drug-likeness (QED) is 0.597. The van der Waals surface area contributed by atoms with Gasteiger partial charge in [0.25, 0.3) is 5.91 Å². The third-order valence-corrected chi connectivity index (χ3v) is 7.29. The number of anilines is 1. The Kier molecular flexibility index (Phi) is 7.32. The van der Waals surface area contributed by atoms with Crippen molar-refractivity contribution in [2.24, 2.45) is 5.92 Å². The zero-order valence-corrected chi connectivity index (χ0v) is 21.2. The third-order valence-electron chi connectivity index (χ3n) is 7.29. The highest BCUT2D eigenvalue weighted by atomic mass is 16.5. The van der Waals surface area contributed by atoms with Crippen LogP contribution >= 0.6 is 0 Å². The number of benzene rings is 2. The van der Waals surface area contributed by atoms with Crippen LogP contribution in [0.4, 0.5) is 5.69 Å². The molecular formula is C28H33N3O6. The highest BCUT2D eigenvalue weighted by Gasteiger charge is 2.39. The average molecular weight is 508 g/mol. The van der Waals surface area contributed by atoms with E-state index in [4.69, 9.17) is 14.2 Å². The Morgan fingerprint density at radius 3 is 2.59 bits per heavy atom. The monoisotopic (exact) mass is 507 g/mol. The highest BCUT2D eigenvalue weighted by molar-refractivity contribution is 6.00. The minimum absolute atomic E-state index is 0.00709. The van der Waals surface area contributed by atoms with E-state index in [-0.39, 0.29) is 54.9 Å². The van der Waals surface area contributed by atoms with Crippen molar-refractivity contribution >= 4 is 23.4 Å². The molecule has 37 heavy (non-hydrogen) atoms. The highest BCUT2D eigenvalue weighted by Crippen LogP contribution is 2.34. The molecule has 2 aromatic rings. The van der Waals surface area contributed by atoms with E-state index in [1.165, 1.54) is 0 Å². The van der Waals surface area contributed by atoms with Crippen LogP contribution in [-0.4, -0.2) is 61.6 Å².